The van der Waals surface area contributed by atoms with E-state index in [-0.39, 0.29) is 0 Å². The van der Waals surface area contributed by atoms with Crippen LogP contribution < -0.4 is 5.32 Å². The van der Waals surface area contributed by atoms with E-state index in [4.69, 9.17) is 0 Å². The Hall–Kier alpha value is -0.820. The van der Waals surface area contributed by atoms with Gasteiger partial charge in [-0.05, 0) is 60.3 Å². The van der Waals surface area contributed by atoms with E-state index in [1.54, 1.807) is 11.1 Å². The average Bonchev–Trinajstić information content (AvgIpc) is 3.23. The molecule has 1 N–H and O–H groups in total. The summed E-state index contributed by atoms with van der Waals surface area (Å²) in [4.78, 5) is 0. The first-order valence-electron chi connectivity index (χ1n) is 8.41. The van der Waals surface area contributed by atoms with E-state index in [9.17, 15) is 0 Å². The molecule has 1 unspecified atom stereocenters. The summed E-state index contributed by atoms with van der Waals surface area (Å²) in [6, 6.07) is 7.77. The second kappa shape index (κ2) is 6.76. The van der Waals surface area contributed by atoms with Gasteiger partial charge in [-0.1, -0.05) is 52.8 Å². The highest BCUT2D eigenvalue weighted by Gasteiger charge is 2.33. The molecule has 0 amide bonds. The van der Waals surface area contributed by atoms with Crippen LogP contribution in [0.3, 0.4) is 0 Å². The second-order valence-corrected chi connectivity index (χ2v) is 6.97. The molecule has 1 aliphatic rings. The third kappa shape index (κ3) is 3.63. The molecule has 1 atom stereocenters. The summed E-state index contributed by atoms with van der Waals surface area (Å²) in [5, 5.41) is 3.79. The summed E-state index contributed by atoms with van der Waals surface area (Å²) in [5.74, 6) is 2.09. The van der Waals surface area contributed by atoms with Crippen molar-refractivity contribution in [3.8, 4) is 0 Å². The van der Waals surface area contributed by atoms with Gasteiger partial charge in [-0.2, -0.15) is 0 Å². The van der Waals surface area contributed by atoms with Gasteiger partial charge in [-0.15, -0.1) is 0 Å². The van der Waals surface area contributed by atoms with Gasteiger partial charge in [0, 0.05) is 6.04 Å². The summed E-state index contributed by atoms with van der Waals surface area (Å²) in [5.41, 5.74) is 4.58. The van der Waals surface area contributed by atoms with Crippen LogP contribution in [0.4, 0.5) is 0 Å². The topological polar surface area (TPSA) is 12.0 Å². The van der Waals surface area contributed by atoms with Crippen LogP contribution >= 0.6 is 0 Å². The molecule has 1 aromatic rings. The van der Waals surface area contributed by atoms with E-state index in [0.717, 1.165) is 12.5 Å². The lowest BCUT2D eigenvalue weighted by molar-refractivity contribution is 0.476. The van der Waals surface area contributed by atoms with E-state index in [2.05, 4.69) is 58.1 Å². The van der Waals surface area contributed by atoms with Crippen molar-refractivity contribution in [2.75, 3.05) is 6.54 Å². The zero-order valence-corrected chi connectivity index (χ0v) is 13.9. The SMILES string of the molecule is CCCNC(c1ccc(C(C)C)cc1C(C)C)C1CC1. The molecule has 2 rings (SSSR count). The van der Waals surface area contributed by atoms with Crippen LogP contribution in [0.5, 0.6) is 0 Å². The molecule has 0 bridgehead atoms. The van der Waals surface area contributed by atoms with E-state index in [1.807, 2.05) is 0 Å². The molecule has 1 saturated carbocycles. The first kappa shape index (κ1) is 15.6. The van der Waals surface area contributed by atoms with Crippen LogP contribution in [0.1, 0.15) is 88.4 Å². The fraction of sp³-hybridized carbons (Fsp3) is 0.684. The van der Waals surface area contributed by atoms with Crippen molar-refractivity contribution in [1.29, 1.82) is 0 Å². The second-order valence-electron chi connectivity index (χ2n) is 6.97. The summed E-state index contributed by atoms with van der Waals surface area (Å²) >= 11 is 0. The maximum Gasteiger partial charge on any atom is 0.0351 e. The summed E-state index contributed by atoms with van der Waals surface area (Å²) in [6.07, 6.45) is 4.00. The molecule has 0 aromatic heterocycles. The van der Waals surface area contributed by atoms with E-state index in [1.165, 1.54) is 24.8 Å². The summed E-state index contributed by atoms with van der Waals surface area (Å²) in [7, 11) is 0. The zero-order chi connectivity index (χ0) is 14.7. The van der Waals surface area contributed by atoms with Crippen LogP contribution in [0.15, 0.2) is 18.2 Å². The van der Waals surface area contributed by atoms with Crippen LogP contribution in [-0.4, -0.2) is 6.54 Å². The van der Waals surface area contributed by atoms with Crippen molar-refractivity contribution in [2.24, 2.45) is 5.92 Å². The lowest BCUT2D eigenvalue weighted by Crippen LogP contribution is -2.25. The third-order valence-corrected chi connectivity index (χ3v) is 4.44. The molecule has 1 fully saturated rings. The summed E-state index contributed by atoms with van der Waals surface area (Å²) < 4.78 is 0. The van der Waals surface area contributed by atoms with E-state index in [0.29, 0.717) is 17.9 Å². The van der Waals surface area contributed by atoms with Gasteiger partial charge >= 0.3 is 0 Å². The quantitative estimate of drug-likeness (QED) is 0.703. The molecule has 0 radical (unpaired) electrons. The largest absolute Gasteiger partial charge is 0.310 e. The van der Waals surface area contributed by atoms with E-state index >= 15 is 0 Å². The number of hydrogen-bond acceptors (Lipinski definition) is 1. The van der Waals surface area contributed by atoms with Crippen molar-refractivity contribution < 1.29 is 0 Å². The van der Waals surface area contributed by atoms with Crippen molar-refractivity contribution in [3.63, 3.8) is 0 Å². The van der Waals surface area contributed by atoms with Crippen molar-refractivity contribution in [1.82, 2.24) is 5.32 Å². The molecule has 0 saturated heterocycles. The van der Waals surface area contributed by atoms with Gasteiger partial charge in [-0.25, -0.2) is 0 Å². The molecular weight excluding hydrogens is 242 g/mol. The van der Waals surface area contributed by atoms with Gasteiger partial charge in [0.05, 0.1) is 0 Å². The molecule has 0 spiro atoms. The van der Waals surface area contributed by atoms with E-state index < -0.39 is 0 Å². The van der Waals surface area contributed by atoms with Gasteiger partial charge in [0.15, 0.2) is 0 Å². The number of nitrogens with one attached hydrogen (secondary N) is 1. The summed E-state index contributed by atoms with van der Waals surface area (Å²) in [6.45, 7) is 12.6. The minimum Gasteiger partial charge on any atom is -0.310 e. The normalized spacial score (nSPS) is 16.9. The van der Waals surface area contributed by atoms with Crippen molar-refractivity contribution in [2.45, 2.75) is 71.8 Å². The molecule has 1 aromatic carbocycles. The first-order valence-corrected chi connectivity index (χ1v) is 8.41. The fourth-order valence-corrected chi connectivity index (χ4v) is 3.00. The molecule has 0 heterocycles. The molecule has 1 heteroatoms. The lowest BCUT2D eigenvalue weighted by atomic mass is 9.87. The number of rotatable bonds is 7. The predicted octanol–water partition coefficient (Wildman–Crippen LogP) is 5.38. The number of benzene rings is 1. The third-order valence-electron chi connectivity index (χ3n) is 4.44. The molecule has 1 aliphatic carbocycles. The molecular formula is C19H31N. The zero-order valence-electron chi connectivity index (χ0n) is 13.9. The highest BCUT2D eigenvalue weighted by molar-refractivity contribution is 5.38. The van der Waals surface area contributed by atoms with Gasteiger partial charge in [0.2, 0.25) is 0 Å². The van der Waals surface area contributed by atoms with Crippen LogP contribution in [0.2, 0.25) is 0 Å². The maximum absolute atomic E-state index is 3.79. The minimum atomic E-state index is 0.577. The average molecular weight is 273 g/mol. The minimum absolute atomic E-state index is 0.577. The number of hydrogen-bond donors (Lipinski definition) is 1. The monoisotopic (exact) mass is 273 g/mol. The predicted molar refractivity (Wildman–Crippen MR) is 88.4 cm³/mol. The Balaban J connectivity index is 2.32. The lowest BCUT2D eigenvalue weighted by Gasteiger charge is -2.24. The molecule has 0 aliphatic heterocycles. The van der Waals surface area contributed by atoms with Crippen molar-refractivity contribution in [3.05, 3.63) is 34.9 Å². The van der Waals surface area contributed by atoms with Crippen LogP contribution in [-0.2, 0) is 0 Å². The molecule has 112 valence electrons. The Labute approximate surface area is 125 Å². The molecule has 1 nitrogen and oxygen atoms in total. The van der Waals surface area contributed by atoms with Gasteiger partial charge in [0.25, 0.3) is 0 Å². The van der Waals surface area contributed by atoms with Gasteiger partial charge in [0.1, 0.15) is 0 Å². The Kier molecular flexibility index (Phi) is 5.26. The maximum atomic E-state index is 3.79. The fourth-order valence-electron chi connectivity index (χ4n) is 3.00. The smallest absolute Gasteiger partial charge is 0.0351 e. The van der Waals surface area contributed by atoms with Crippen molar-refractivity contribution >= 4 is 0 Å². The van der Waals surface area contributed by atoms with Crippen LogP contribution in [0, 0.1) is 5.92 Å². The van der Waals surface area contributed by atoms with Gasteiger partial charge < -0.3 is 5.32 Å². The Morgan fingerprint density at radius 2 is 1.75 bits per heavy atom. The highest BCUT2D eigenvalue weighted by atomic mass is 14.9. The Bertz CT molecular complexity index is 429. The van der Waals surface area contributed by atoms with Crippen LogP contribution in [0.25, 0.3) is 0 Å². The highest BCUT2D eigenvalue weighted by Crippen LogP contribution is 2.43. The van der Waals surface area contributed by atoms with Gasteiger partial charge in [-0.3, -0.25) is 0 Å². The first-order chi connectivity index (χ1) is 9.54. The Morgan fingerprint density at radius 3 is 2.25 bits per heavy atom. The standard InChI is InChI=1S/C19H31N/c1-6-11-20-19(15-7-8-15)17-10-9-16(13(2)3)12-18(17)14(4)5/h9-10,12-15,19-20H,6-8,11H2,1-5H3. The molecule has 20 heavy (non-hydrogen) atoms. The Morgan fingerprint density at radius 1 is 1.05 bits per heavy atom.